The molecule has 23 heavy (non-hydrogen) atoms. The Hall–Kier alpha value is -2.74. The molecule has 118 valence electrons. The Kier molecular flexibility index (Phi) is 4.07. The molecule has 1 heterocycles. The monoisotopic (exact) mass is 334 g/mol. The van der Waals surface area contributed by atoms with Crippen molar-refractivity contribution in [1.82, 2.24) is 4.98 Å². The summed E-state index contributed by atoms with van der Waals surface area (Å²) in [4.78, 5) is 14.3. The van der Waals surface area contributed by atoms with E-state index in [0.29, 0.717) is 0 Å². The van der Waals surface area contributed by atoms with E-state index in [1.54, 1.807) is 5.51 Å². The van der Waals surface area contributed by atoms with Crippen molar-refractivity contribution in [3.8, 4) is 11.5 Å². The predicted octanol–water partition coefficient (Wildman–Crippen LogP) is 3.93. The molecule has 0 fully saturated rings. The van der Waals surface area contributed by atoms with Gasteiger partial charge in [0.05, 0.1) is 33.8 Å². The Morgan fingerprint density at radius 2 is 2.17 bits per heavy atom. The third kappa shape index (κ3) is 2.93. The minimum absolute atomic E-state index is 0.0959. The van der Waals surface area contributed by atoms with Crippen LogP contribution in [0, 0.1) is 15.9 Å². The standard InChI is InChI=1S/C15H11FN2O4S/c1-21-12-5-10(16)11(18(19)20)6-13(12)22-7-9-3-2-4-14-15(9)17-8-23-14/h2-6,8H,7H2,1H3. The SMILES string of the molecule is COc1cc(F)c([N+](=O)[O-])cc1OCc1cccc2scnc12. The van der Waals surface area contributed by atoms with Crippen molar-refractivity contribution in [1.29, 1.82) is 0 Å². The van der Waals surface area contributed by atoms with Gasteiger partial charge >= 0.3 is 5.69 Å². The van der Waals surface area contributed by atoms with Crippen LogP contribution >= 0.6 is 11.3 Å². The van der Waals surface area contributed by atoms with Gasteiger partial charge in [0.15, 0.2) is 11.5 Å². The van der Waals surface area contributed by atoms with Crippen LogP contribution in [0.15, 0.2) is 35.8 Å². The molecule has 0 spiro atoms. The van der Waals surface area contributed by atoms with E-state index in [9.17, 15) is 14.5 Å². The van der Waals surface area contributed by atoms with Gasteiger partial charge in [-0.1, -0.05) is 12.1 Å². The zero-order valence-corrected chi connectivity index (χ0v) is 12.8. The molecular formula is C15H11FN2O4S. The minimum atomic E-state index is -0.971. The topological polar surface area (TPSA) is 74.5 Å². The quantitative estimate of drug-likeness (QED) is 0.522. The predicted molar refractivity (Wildman–Crippen MR) is 83.6 cm³/mol. The van der Waals surface area contributed by atoms with Crippen molar-refractivity contribution in [3.05, 3.63) is 57.3 Å². The number of nitro groups is 1. The smallest absolute Gasteiger partial charge is 0.308 e. The van der Waals surface area contributed by atoms with Gasteiger partial charge in [-0.15, -0.1) is 11.3 Å². The number of nitro benzene ring substituents is 1. The molecule has 3 rings (SSSR count). The highest BCUT2D eigenvalue weighted by molar-refractivity contribution is 7.16. The molecule has 0 aliphatic carbocycles. The van der Waals surface area contributed by atoms with E-state index in [1.807, 2.05) is 18.2 Å². The summed E-state index contributed by atoms with van der Waals surface area (Å²) in [6.07, 6.45) is 0. The molecule has 3 aromatic rings. The number of nitrogens with zero attached hydrogens (tertiary/aromatic N) is 2. The van der Waals surface area contributed by atoms with Crippen LogP contribution in [0.5, 0.6) is 11.5 Å². The van der Waals surface area contributed by atoms with E-state index in [2.05, 4.69) is 4.98 Å². The van der Waals surface area contributed by atoms with Crippen LogP contribution in [0.1, 0.15) is 5.56 Å². The third-order valence-corrected chi connectivity index (χ3v) is 4.05. The number of hydrogen-bond acceptors (Lipinski definition) is 6. The van der Waals surface area contributed by atoms with Gasteiger partial charge in [-0.3, -0.25) is 10.1 Å². The van der Waals surface area contributed by atoms with E-state index in [1.165, 1.54) is 18.4 Å². The van der Waals surface area contributed by atoms with Gasteiger partial charge in [-0.25, -0.2) is 4.98 Å². The third-order valence-electron chi connectivity index (χ3n) is 3.26. The molecule has 0 saturated carbocycles. The molecule has 0 atom stereocenters. The van der Waals surface area contributed by atoms with E-state index >= 15 is 0 Å². The van der Waals surface area contributed by atoms with Gasteiger partial charge in [0.2, 0.25) is 5.82 Å². The van der Waals surface area contributed by atoms with Crippen molar-refractivity contribution in [2.45, 2.75) is 6.61 Å². The summed E-state index contributed by atoms with van der Waals surface area (Å²) in [6.45, 7) is 0.139. The first-order chi connectivity index (χ1) is 11.1. The van der Waals surface area contributed by atoms with Crippen molar-refractivity contribution in [2.75, 3.05) is 7.11 Å². The molecule has 0 aliphatic heterocycles. The zero-order chi connectivity index (χ0) is 16.4. The number of halogens is 1. The molecule has 0 amide bonds. The Morgan fingerprint density at radius 1 is 1.35 bits per heavy atom. The summed E-state index contributed by atoms with van der Waals surface area (Å²) in [5.74, 6) is -0.771. The number of aromatic nitrogens is 1. The molecule has 2 aromatic carbocycles. The van der Waals surface area contributed by atoms with Crippen LogP contribution < -0.4 is 9.47 Å². The molecule has 0 aliphatic rings. The van der Waals surface area contributed by atoms with E-state index in [0.717, 1.165) is 27.9 Å². The first-order valence-corrected chi connectivity index (χ1v) is 7.44. The van der Waals surface area contributed by atoms with Crippen LogP contribution in [-0.4, -0.2) is 17.0 Å². The fraction of sp³-hybridized carbons (Fsp3) is 0.133. The largest absolute Gasteiger partial charge is 0.493 e. The Balaban J connectivity index is 1.92. The summed E-state index contributed by atoms with van der Waals surface area (Å²) in [5.41, 5.74) is 2.72. The van der Waals surface area contributed by atoms with Gasteiger partial charge < -0.3 is 9.47 Å². The van der Waals surface area contributed by atoms with E-state index in [-0.39, 0.29) is 18.1 Å². The first-order valence-electron chi connectivity index (χ1n) is 6.56. The van der Waals surface area contributed by atoms with Crippen LogP contribution in [0.3, 0.4) is 0 Å². The maximum absolute atomic E-state index is 13.6. The number of thiazole rings is 1. The zero-order valence-electron chi connectivity index (χ0n) is 12.0. The lowest BCUT2D eigenvalue weighted by Crippen LogP contribution is -2.01. The second kappa shape index (κ2) is 6.17. The van der Waals surface area contributed by atoms with Gasteiger partial charge in [0.1, 0.15) is 6.61 Å². The molecule has 0 bridgehead atoms. The number of hydrogen-bond donors (Lipinski definition) is 0. The highest BCUT2D eigenvalue weighted by Crippen LogP contribution is 2.34. The summed E-state index contributed by atoms with van der Waals surface area (Å²) in [5, 5.41) is 10.8. The van der Waals surface area contributed by atoms with Crippen LogP contribution in [0.4, 0.5) is 10.1 Å². The van der Waals surface area contributed by atoms with Gasteiger partial charge in [-0.2, -0.15) is 4.39 Å². The highest BCUT2D eigenvalue weighted by Gasteiger charge is 2.20. The summed E-state index contributed by atoms with van der Waals surface area (Å²) in [6, 6.07) is 7.64. The lowest BCUT2D eigenvalue weighted by Gasteiger charge is -2.11. The Bertz CT molecular complexity index is 881. The fourth-order valence-electron chi connectivity index (χ4n) is 2.15. The van der Waals surface area contributed by atoms with E-state index in [4.69, 9.17) is 9.47 Å². The number of methoxy groups -OCH3 is 1. The lowest BCUT2D eigenvalue weighted by atomic mass is 10.2. The summed E-state index contributed by atoms with van der Waals surface area (Å²) in [7, 11) is 1.34. The number of fused-ring (bicyclic) bond motifs is 1. The molecule has 0 unspecified atom stereocenters. The second-order valence-electron chi connectivity index (χ2n) is 4.62. The van der Waals surface area contributed by atoms with Crippen LogP contribution in [0.25, 0.3) is 10.2 Å². The molecule has 8 heteroatoms. The maximum atomic E-state index is 13.6. The van der Waals surface area contributed by atoms with Crippen LogP contribution in [-0.2, 0) is 6.61 Å². The number of rotatable bonds is 5. The van der Waals surface area contributed by atoms with E-state index < -0.39 is 16.4 Å². The maximum Gasteiger partial charge on any atom is 0.308 e. The van der Waals surface area contributed by atoms with Gasteiger partial charge in [-0.05, 0) is 6.07 Å². The molecule has 6 nitrogen and oxygen atoms in total. The van der Waals surface area contributed by atoms with Crippen molar-refractivity contribution in [2.24, 2.45) is 0 Å². The lowest BCUT2D eigenvalue weighted by molar-refractivity contribution is -0.387. The van der Waals surface area contributed by atoms with Crippen LogP contribution in [0.2, 0.25) is 0 Å². The number of benzene rings is 2. The molecule has 1 aromatic heterocycles. The molecular weight excluding hydrogens is 323 g/mol. The Labute approximate surface area is 134 Å². The van der Waals surface area contributed by atoms with Crippen molar-refractivity contribution < 1.29 is 18.8 Å². The van der Waals surface area contributed by atoms with Crippen molar-refractivity contribution >= 4 is 27.2 Å². The summed E-state index contributed by atoms with van der Waals surface area (Å²) >= 11 is 1.51. The average Bonchev–Trinajstić information content (AvgIpc) is 3.02. The van der Waals surface area contributed by atoms with Crippen molar-refractivity contribution in [3.63, 3.8) is 0 Å². The number of ether oxygens (including phenoxy) is 2. The van der Waals surface area contributed by atoms with Gasteiger partial charge in [0, 0.05) is 11.6 Å². The first kappa shape index (κ1) is 15.2. The average molecular weight is 334 g/mol. The molecule has 0 radical (unpaired) electrons. The molecule has 0 N–H and O–H groups in total. The fourth-order valence-corrected chi connectivity index (χ4v) is 2.88. The number of para-hydroxylation sites is 1. The summed E-state index contributed by atoms with van der Waals surface area (Å²) < 4.78 is 25.3. The highest BCUT2D eigenvalue weighted by atomic mass is 32.1. The normalized spacial score (nSPS) is 10.7. The minimum Gasteiger partial charge on any atom is -0.493 e. The van der Waals surface area contributed by atoms with Gasteiger partial charge in [0.25, 0.3) is 0 Å². The second-order valence-corrected chi connectivity index (χ2v) is 5.50. The molecule has 0 saturated heterocycles. The Morgan fingerprint density at radius 3 is 2.91 bits per heavy atom.